The number of benzene rings is 2. The average molecular weight is 444 g/mol. The molecule has 1 aliphatic rings. The minimum atomic E-state index is -0.700. The summed E-state index contributed by atoms with van der Waals surface area (Å²) in [6, 6.07) is 9.99. The molecule has 0 bridgehead atoms. The number of imide groups is 1. The van der Waals surface area contributed by atoms with Gasteiger partial charge in [0.25, 0.3) is 23.2 Å². The highest BCUT2D eigenvalue weighted by Crippen LogP contribution is 2.28. The Bertz CT molecular complexity index is 1010. The Morgan fingerprint density at radius 3 is 2.06 bits per heavy atom. The van der Waals surface area contributed by atoms with Crippen LogP contribution in [-0.4, -0.2) is 66.1 Å². The molecule has 168 valence electrons. The third-order valence-electron chi connectivity index (χ3n) is 4.66. The number of hydrogen-bond acceptors (Lipinski definition) is 9. The Morgan fingerprint density at radius 1 is 0.844 bits per heavy atom. The molecular formula is C20H20N4O8. The number of carbonyl (C=O) groups is 2. The standard InChI is InChI=1S/C20H20N4O8/c25-19-15-3-1-2-4-16(15)20(26)22(19)8-10-32-12-11-31-9-7-21-17-6-5-14(23(27)28)13-18(17)24(29)30/h1-6,13,21H,7-12H2. The first kappa shape index (κ1) is 22.8. The van der Waals surface area contributed by atoms with Gasteiger partial charge in [-0.25, -0.2) is 0 Å². The first-order valence-corrected chi connectivity index (χ1v) is 9.67. The maximum atomic E-state index is 12.2. The quantitative estimate of drug-likeness (QED) is 0.225. The number of amides is 2. The number of nitrogens with zero attached hydrogens (tertiary/aromatic N) is 3. The van der Waals surface area contributed by atoms with E-state index in [0.717, 1.165) is 11.0 Å². The lowest BCUT2D eigenvalue weighted by atomic mass is 10.1. The van der Waals surface area contributed by atoms with Gasteiger partial charge in [0.1, 0.15) is 5.69 Å². The van der Waals surface area contributed by atoms with Crippen LogP contribution in [0.2, 0.25) is 0 Å². The molecule has 0 saturated heterocycles. The number of hydrogen-bond donors (Lipinski definition) is 1. The molecule has 0 spiro atoms. The normalized spacial score (nSPS) is 12.7. The van der Waals surface area contributed by atoms with Gasteiger partial charge < -0.3 is 14.8 Å². The van der Waals surface area contributed by atoms with E-state index in [1.165, 1.54) is 12.1 Å². The van der Waals surface area contributed by atoms with Crippen LogP contribution in [0.1, 0.15) is 20.7 Å². The summed E-state index contributed by atoms with van der Waals surface area (Å²) in [4.78, 5) is 46.0. The van der Waals surface area contributed by atoms with Crippen LogP contribution in [0.4, 0.5) is 17.1 Å². The SMILES string of the molecule is O=C1c2ccccc2C(=O)N1CCOCCOCCNc1ccc([N+](=O)[O-])cc1[N+](=O)[O-]. The fraction of sp³-hybridized carbons (Fsp3) is 0.300. The van der Waals surface area contributed by atoms with Crippen molar-refractivity contribution in [2.24, 2.45) is 0 Å². The van der Waals surface area contributed by atoms with Gasteiger partial charge >= 0.3 is 0 Å². The van der Waals surface area contributed by atoms with E-state index in [9.17, 15) is 29.8 Å². The van der Waals surface area contributed by atoms with Crippen LogP contribution >= 0.6 is 0 Å². The van der Waals surface area contributed by atoms with E-state index < -0.39 is 15.5 Å². The van der Waals surface area contributed by atoms with Crippen LogP contribution in [-0.2, 0) is 9.47 Å². The van der Waals surface area contributed by atoms with Crippen molar-refractivity contribution in [1.82, 2.24) is 4.90 Å². The molecule has 0 saturated carbocycles. The highest BCUT2D eigenvalue weighted by molar-refractivity contribution is 6.21. The van der Waals surface area contributed by atoms with Crippen LogP contribution < -0.4 is 5.32 Å². The van der Waals surface area contributed by atoms with Crippen molar-refractivity contribution in [3.63, 3.8) is 0 Å². The van der Waals surface area contributed by atoms with Crippen molar-refractivity contribution in [1.29, 1.82) is 0 Å². The zero-order chi connectivity index (χ0) is 23.1. The van der Waals surface area contributed by atoms with Crippen molar-refractivity contribution >= 4 is 28.9 Å². The molecule has 12 heteroatoms. The number of rotatable bonds is 12. The lowest BCUT2D eigenvalue weighted by molar-refractivity contribution is -0.393. The van der Waals surface area contributed by atoms with Crippen LogP contribution in [0.25, 0.3) is 0 Å². The summed E-state index contributed by atoms with van der Waals surface area (Å²) in [6.45, 7) is 1.25. The number of carbonyl (C=O) groups excluding carboxylic acids is 2. The van der Waals surface area contributed by atoms with Crippen molar-refractivity contribution in [2.45, 2.75) is 0 Å². The van der Waals surface area contributed by atoms with E-state index in [2.05, 4.69) is 5.32 Å². The van der Waals surface area contributed by atoms with Crippen molar-refractivity contribution in [3.8, 4) is 0 Å². The van der Waals surface area contributed by atoms with Crippen molar-refractivity contribution in [2.75, 3.05) is 44.8 Å². The first-order valence-electron chi connectivity index (χ1n) is 9.67. The third-order valence-corrected chi connectivity index (χ3v) is 4.66. The van der Waals surface area contributed by atoms with Gasteiger partial charge in [0.15, 0.2) is 0 Å². The van der Waals surface area contributed by atoms with E-state index in [4.69, 9.17) is 9.47 Å². The number of anilines is 1. The zero-order valence-corrected chi connectivity index (χ0v) is 16.9. The van der Waals surface area contributed by atoms with E-state index in [1.54, 1.807) is 24.3 Å². The molecule has 0 radical (unpaired) electrons. The lowest BCUT2D eigenvalue weighted by Crippen LogP contribution is -2.33. The molecular weight excluding hydrogens is 424 g/mol. The van der Waals surface area contributed by atoms with Gasteiger partial charge in [0, 0.05) is 12.6 Å². The van der Waals surface area contributed by atoms with E-state index >= 15 is 0 Å². The van der Waals surface area contributed by atoms with E-state index in [-0.39, 0.29) is 62.7 Å². The van der Waals surface area contributed by atoms with Crippen molar-refractivity contribution < 1.29 is 28.9 Å². The topological polar surface area (TPSA) is 154 Å². The van der Waals surface area contributed by atoms with Gasteiger partial charge in [-0.1, -0.05) is 12.1 Å². The molecule has 0 fully saturated rings. The molecule has 2 aromatic carbocycles. The molecule has 0 unspecified atom stereocenters. The molecule has 3 rings (SSSR count). The van der Waals surface area contributed by atoms with Crippen LogP contribution in [0, 0.1) is 20.2 Å². The van der Waals surface area contributed by atoms with Crippen LogP contribution in [0.3, 0.4) is 0 Å². The van der Waals surface area contributed by atoms with Gasteiger partial charge in [-0.2, -0.15) is 0 Å². The molecule has 2 aromatic rings. The Morgan fingerprint density at radius 2 is 1.47 bits per heavy atom. The van der Waals surface area contributed by atoms with E-state index in [1.807, 2.05) is 0 Å². The van der Waals surface area contributed by atoms with Gasteiger partial charge in [0.2, 0.25) is 0 Å². The minimum absolute atomic E-state index is 0.137. The maximum Gasteiger partial charge on any atom is 0.299 e. The Labute approximate surface area is 182 Å². The molecule has 12 nitrogen and oxygen atoms in total. The number of nitrogens with one attached hydrogen (secondary N) is 1. The number of ether oxygens (including phenoxy) is 2. The molecule has 0 aliphatic carbocycles. The van der Waals surface area contributed by atoms with Gasteiger partial charge in [0.05, 0.1) is 60.0 Å². The summed E-state index contributed by atoms with van der Waals surface area (Å²) in [7, 11) is 0. The Kier molecular flexibility index (Phi) is 7.41. The smallest absolute Gasteiger partial charge is 0.299 e. The molecule has 1 aliphatic heterocycles. The monoisotopic (exact) mass is 444 g/mol. The average Bonchev–Trinajstić information content (AvgIpc) is 3.02. The van der Waals surface area contributed by atoms with Gasteiger partial charge in [-0.05, 0) is 18.2 Å². The summed E-state index contributed by atoms with van der Waals surface area (Å²) >= 11 is 0. The second-order valence-corrected chi connectivity index (χ2v) is 6.67. The van der Waals surface area contributed by atoms with E-state index in [0.29, 0.717) is 11.1 Å². The minimum Gasteiger partial charge on any atom is -0.377 e. The molecule has 1 N–H and O–H groups in total. The molecule has 0 atom stereocenters. The van der Waals surface area contributed by atoms with Crippen LogP contribution in [0.5, 0.6) is 0 Å². The van der Waals surface area contributed by atoms with Crippen molar-refractivity contribution in [3.05, 3.63) is 73.8 Å². The third kappa shape index (κ3) is 5.22. The Balaban J connectivity index is 1.31. The summed E-state index contributed by atoms with van der Waals surface area (Å²) in [5.74, 6) is -0.672. The summed E-state index contributed by atoms with van der Waals surface area (Å²) in [6.07, 6.45) is 0. The number of non-ortho nitro benzene ring substituents is 1. The highest BCUT2D eigenvalue weighted by atomic mass is 16.6. The summed E-state index contributed by atoms with van der Waals surface area (Å²) < 4.78 is 10.8. The summed E-state index contributed by atoms with van der Waals surface area (Å²) in [5, 5.41) is 24.6. The largest absolute Gasteiger partial charge is 0.377 e. The Hall–Kier alpha value is -3.90. The fourth-order valence-corrected chi connectivity index (χ4v) is 3.11. The maximum absolute atomic E-state index is 12.2. The number of fused-ring (bicyclic) bond motifs is 1. The summed E-state index contributed by atoms with van der Waals surface area (Å²) in [5.41, 5.74) is 0.178. The van der Waals surface area contributed by atoms with Gasteiger partial charge in [-0.3, -0.25) is 34.7 Å². The lowest BCUT2D eigenvalue weighted by Gasteiger charge is -2.14. The van der Waals surface area contributed by atoms with Crippen LogP contribution in [0.15, 0.2) is 42.5 Å². The first-order chi connectivity index (χ1) is 15.4. The molecule has 0 aromatic heterocycles. The highest BCUT2D eigenvalue weighted by Gasteiger charge is 2.34. The molecule has 32 heavy (non-hydrogen) atoms. The van der Waals surface area contributed by atoms with Gasteiger partial charge in [-0.15, -0.1) is 0 Å². The second-order valence-electron chi connectivity index (χ2n) is 6.67. The number of nitro groups is 2. The zero-order valence-electron chi connectivity index (χ0n) is 16.9. The molecule has 1 heterocycles. The number of nitro benzene ring substituents is 2. The second kappa shape index (κ2) is 10.4. The molecule has 2 amide bonds. The predicted molar refractivity (Wildman–Crippen MR) is 112 cm³/mol. The predicted octanol–water partition coefficient (Wildman–Crippen LogP) is 2.24. The fourth-order valence-electron chi connectivity index (χ4n) is 3.11.